The molecule has 6 heteroatoms. The van der Waals surface area contributed by atoms with Crippen molar-refractivity contribution in [3.05, 3.63) is 24.3 Å². The van der Waals surface area contributed by atoms with Crippen LogP contribution in [0.5, 0.6) is 0 Å². The molecule has 6 nitrogen and oxygen atoms in total. The molecule has 0 aliphatic carbocycles. The predicted octanol–water partition coefficient (Wildman–Crippen LogP) is 1.97. The number of benzene rings is 1. The van der Waals surface area contributed by atoms with Crippen LogP contribution >= 0.6 is 0 Å². The SMILES string of the molecule is CCN(C(C)C)C(C)C.O.On1nnc2ccccc21. The van der Waals surface area contributed by atoms with Gasteiger partial charge < -0.3 is 10.7 Å². The van der Waals surface area contributed by atoms with E-state index in [0.717, 1.165) is 11.4 Å². The van der Waals surface area contributed by atoms with Crippen molar-refractivity contribution in [2.75, 3.05) is 6.54 Å². The Balaban J connectivity index is 0.000000347. The molecule has 0 radical (unpaired) electrons. The minimum atomic E-state index is 0. The van der Waals surface area contributed by atoms with E-state index in [2.05, 4.69) is 49.8 Å². The number of hydrogen-bond donors (Lipinski definition) is 1. The summed E-state index contributed by atoms with van der Waals surface area (Å²) in [4.78, 5) is 3.22. The van der Waals surface area contributed by atoms with Gasteiger partial charge in [0.05, 0.1) is 0 Å². The van der Waals surface area contributed by atoms with E-state index in [1.165, 1.54) is 0 Å². The zero-order valence-corrected chi connectivity index (χ0v) is 12.9. The van der Waals surface area contributed by atoms with Gasteiger partial charge in [0.1, 0.15) is 11.0 Å². The number of rotatable bonds is 3. The lowest BCUT2D eigenvalue weighted by atomic mass is 10.2. The molecule has 20 heavy (non-hydrogen) atoms. The summed E-state index contributed by atoms with van der Waals surface area (Å²) in [6.07, 6.45) is 0. The van der Waals surface area contributed by atoms with Crippen molar-refractivity contribution >= 4 is 11.0 Å². The monoisotopic (exact) mass is 282 g/mol. The Labute approximate surface area is 120 Å². The molecule has 0 atom stereocenters. The molecular formula is C14H26N4O2. The molecule has 0 spiro atoms. The summed E-state index contributed by atoms with van der Waals surface area (Å²) in [7, 11) is 0. The summed E-state index contributed by atoms with van der Waals surface area (Å²) >= 11 is 0. The fourth-order valence-corrected chi connectivity index (χ4v) is 2.18. The molecule has 3 N–H and O–H groups in total. The Hall–Kier alpha value is -1.66. The summed E-state index contributed by atoms with van der Waals surface area (Å²) in [6.45, 7) is 12.3. The highest BCUT2D eigenvalue weighted by atomic mass is 16.5. The third kappa shape index (κ3) is 4.79. The maximum Gasteiger partial charge on any atom is 0.130 e. The molecular weight excluding hydrogens is 256 g/mol. The van der Waals surface area contributed by atoms with Crippen LogP contribution in [0.1, 0.15) is 34.6 Å². The molecule has 0 bridgehead atoms. The first-order valence-corrected chi connectivity index (χ1v) is 6.72. The highest BCUT2D eigenvalue weighted by Gasteiger charge is 2.09. The molecule has 1 aromatic carbocycles. The standard InChI is InChI=1S/C8H19N.C6H5N3O.H2O/c1-6-9(7(2)3)8(4)5;10-9-6-4-2-1-3-5(6)7-8-9;/h7-8H,6H2,1-5H3;1-4,10H;1H2. The number of aromatic nitrogens is 3. The first-order valence-electron chi connectivity index (χ1n) is 6.72. The van der Waals surface area contributed by atoms with Crippen molar-refractivity contribution in [2.24, 2.45) is 0 Å². The van der Waals surface area contributed by atoms with Crippen LogP contribution < -0.4 is 0 Å². The van der Waals surface area contributed by atoms with Gasteiger partial charge in [0.25, 0.3) is 0 Å². The lowest BCUT2D eigenvalue weighted by molar-refractivity contribution is 0.155. The van der Waals surface area contributed by atoms with Crippen molar-refractivity contribution in [2.45, 2.75) is 46.7 Å². The van der Waals surface area contributed by atoms with Crippen LogP contribution in [0.15, 0.2) is 24.3 Å². The van der Waals surface area contributed by atoms with Crippen molar-refractivity contribution in [3.8, 4) is 0 Å². The maximum absolute atomic E-state index is 8.95. The van der Waals surface area contributed by atoms with E-state index in [1.54, 1.807) is 12.1 Å². The number of hydrogen-bond acceptors (Lipinski definition) is 4. The van der Waals surface area contributed by atoms with Crippen LogP contribution in [0.4, 0.5) is 0 Å². The highest BCUT2D eigenvalue weighted by Crippen LogP contribution is 2.06. The summed E-state index contributed by atoms with van der Waals surface area (Å²) in [6, 6.07) is 8.57. The normalized spacial score (nSPS) is 10.6. The predicted molar refractivity (Wildman–Crippen MR) is 81.0 cm³/mol. The molecule has 0 saturated heterocycles. The van der Waals surface area contributed by atoms with Crippen molar-refractivity contribution < 1.29 is 10.7 Å². The van der Waals surface area contributed by atoms with Crippen molar-refractivity contribution in [1.82, 2.24) is 20.1 Å². The molecule has 2 aromatic rings. The largest absolute Gasteiger partial charge is 0.412 e. The Morgan fingerprint density at radius 1 is 1.15 bits per heavy atom. The highest BCUT2D eigenvalue weighted by molar-refractivity contribution is 5.73. The fourth-order valence-electron chi connectivity index (χ4n) is 2.18. The smallest absolute Gasteiger partial charge is 0.130 e. The van der Waals surface area contributed by atoms with Gasteiger partial charge in [-0.1, -0.05) is 23.9 Å². The Bertz CT molecular complexity index is 489. The molecule has 2 rings (SSSR count). The Morgan fingerprint density at radius 2 is 1.70 bits per heavy atom. The fraction of sp³-hybridized carbons (Fsp3) is 0.571. The average molecular weight is 282 g/mol. The molecule has 0 aliphatic rings. The van der Waals surface area contributed by atoms with Crippen LogP contribution in [-0.4, -0.2) is 49.4 Å². The Morgan fingerprint density at radius 3 is 2.10 bits per heavy atom. The second-order valence-electron chi connectivity index (χ2n) is 4.99. The molecule has 114 valence electrons. The van der Waals surface area contributed by atoms with E-state index in [-0.39, 0.29) is 5.48 Å². The minimum absolute atomic E-state index is 0. The molecule has 0 amide bonds. The second-order valence-corrected chi connectivity index (χ2v) is 4.99. The zero-order chi connectivity index (χ0) is 14.4. The first-order chi connectivity index (χ1) is 8.97. The maximum atomic E-state index is 8.95. The van der Waals surface area contributed by atoms with Gasteiger partial charge in [-0.3, -0.25) is 4.90 Å². The first kappa shape index (κ1) is 18.3. The van der Waals surface area contributed by atoms with Crippen LogP contribution in [0.2, 0.25) is 0 Å². The van der Waals surface area contributed by atoms with Gasteiger partial charge in [-0.15, -0.1) is 5.10 Å². The van der Waals surface area contributed by atoms with Gasteiger partial charge in [0.15, 0.2) is 0 Å². The van der Waals surface area contributed by atoms with Gasteiger partial charge >= 0.3 is 0 Å². The molecule has 1 aromatic heterocycles. The van der Waals surface area contributed by atoms with Crippen LogP contribution in [0.3, 0.4) is 0 Å². The second kappa shape index (κ2) is 8.50. The zero-order valence-electron chi connectivity index (χ0n) is 12.9. The van der Waals surface area contributed by atoms with Gasteiger partial charge in [-0.05, 0) is 51.6 Å². The van der Waals surface area contributed by atoms with Gasteiger partial charge in [-0.2, -0.15) is 0 Å². The number of fused-ring (bicyclic) bond motifs is 1. The molecule has 0 fully saturated rings. The lowest BCUT2D eigenvalue weighted by Crippen LogP contribution is -2.36. The Kier molecular flexibility index (Phi) is 7.79. The van der Waals surface area contributed by atoms with Gasteiger partial charge in [0, 0.05) is 12.1 Å². The van der Waals surface area contributed by atoms with Crippen molar-refractivity contribution in [1.29, 1.82) is 0 Å². The summed E-state index contributed by atoms with van der Waals surface area (Å²) < 4.78 is 0. The summed E-state index contributed by atoms with van der Waals surface area (Å²) in [5.41, 5.74) is 1.33. The van der Waals surface area contributed by atoms with Gasteiger partial charge in [-0.25, -0.2) is 0 Å². The van der Waals surface area contributed by atoms with Crippen molar-refractivity contribution in [3.63, 3.8) is 0 Å². The number of para-hydroxylation sites is 1. The molecule has 0 saturated carbocycles. The average Bonchev–Trinajstić information content (AvgIpc) is 2.72. The van der Waals surface area contributed by atoms with E-state index in [4.69, 9.17) is 5.21 Å². The third-order valence-corrected chi connectivity index (χ3v) is 3.03. The summed E-state index contributed by atoms with van der Waals surface area (Å²) in [5.74, 6) is 0. The van der Waals surface area contributed by atoms with E-state index in [1.807, 2.05) is 12.1 Å². The third-order valence-electron chi connectivity index (χ3n) is 3.03. The van der Waals surface area contributed by atoms with E-state index in [0.29, 0.717) is 23.1 Å². The van der Waals surface area contributed by atoms with Crippen LogP contribution in [0, 0.1) is 0 Å². The molecule has 0 aliphatic heterocycles. The quantitative estimate of drug-likeness (QED) is 0.872. The van der Waals surface area contributed by atoms with E-state index in [9.17, 15) is 0 Å². The number of nitrogens with zero attached hydrogens (tertiary/aromatic N) is 4. The van der Waals surface area contributed by atoms with Crippen LogP contribution in [0.25, 0.3) is 11.0 Å². The lowest BCUT2D eigenvalue weighted by Gasteiger charge is -2.28. The topological polar surface area (TPSA) is 85.7 Å². The van der Waals surface area contributed by atoms with Crippen LogP contribution in [-0.2, 0) is 0 Å². The minimum Gasteiger partial charge on any atom is -0.412 e. The molecule has 1 heterocycles. The van der Waals surface area contributed by atoms with Gasteiger partial charge in [0.2, 0.25) is 0 Å². The van der Waals surface area contributed by atoms with E-state index >= 15 is 0 Å². The van der Waals surface area contributed by atoms with E-state index < -0.39 is 0 Å². The summed E-state index contributed by atoms with van der Waals surface area (Å²) in [5, 5.41) is 16.1. The molecule has 0 unspecified atom stereocenters.